The van der Waals surface area contributed by atoms with Gasteiger partial charge in [0.05, 0.1) is 20.3 Å². The van der Waals surface area contributed by atoms with Gasteiger partial charge in [0.15, 0.2) is 0 Å². The van der Waals surface area contributed by atoms with E-state index in [0.717, 1.165) is 50.8 Å². The van der Waals surface area contributed by atoms with Crippen molar-refractivity contribution in [3.8, 4) is 11.5 Å². The summed E-state index contributed by atoms with van der Waals surface area (Å²) in [5, 5.41) is 3.54. The fourth-order valence-corrected chi connectivity index (χ4v) is 3.48. The second-order valence-electron chi connectivity index (χ2n) is 6.46. The predicted octanol–water partition coefficient (Wildman–Crippen LogP) is 2.38. The molecule has 1 heterocycles. The summed E-state index contributed by atoms with van der Waals surface area (Å²) >= 11 is 0. The summed E-state index contributed by atoms with van der Waals surface area (Å²) in [5.41, 5.74) is 1.25. The molecule has 1 fully saturated rings. The summed E-state index contributed by atoms with van der Waals surface area (Å²) in [6.07, 6.45) is 0. The van der Waals surface area contributed by atoms with E-state index in [1.807, 2.05) is 12.1 Å². The Morgan fingerprint density at radius 2 is 2.00 bits per heavy atom. The molecule has 0 aliphatic carbocycles. The Bertz CT molecular complexity index is 505. The van der Waals surface area contributed by atoms with Crippen molar-refractivity contribution in [1.29, 1.82) is 0 Å². The van der Waals surface area contributed by atoms with Crippen LogP contribution in [-0.4, -0.2) is 69.3 Å². The number of piperazine rings is 1. The van der Waals surface area contributed by atoms with Crippen molar-refractivity contribution in [2.75, 3.05) is 53.5 Å². The Hall–Kier alpha value is -1.30. The second-order valence-corrected chi connectivity index (χ2v) is 6.46. The lowest BCUT2D eigenvalue weighted by Gasteiger charge is -2.40. The molecule has 5 nitrogen and oxygen atoms in total. The summed E-state index contributed by atoms with van der Waals surface area (Å²) in [7, 11) is 3.44. The first-order valence-electron chi connectivity index (χ1n) is 9.04. The fourth-order valence-electron chi connectivity index (χ4n) is 3.48. The van der Waals surface area contributed by atoms with Gasteiger partial charge in [-0.1, -0.05) is 19.9 Å². The van der Waals surface area contributed by atoms with Crippen LogP contribution in [0, 0.1) is 0 Å². The summed E-state index contributed by atoms with van der Waals surface area (Å²) in [6, 6.07) is 7.05. The first-order chi connectivity index (χ1) is 11.6. The van der Waals surface area contributed by atoms with E-state index < -0.39 is 0 Å². The monoisotopic (exact) mass is 335 g/mol. The molecule has 1 saturated heterocycles. The number of nitrogens with zero attached hydrogens (tertiary/aromatic N) is 2. The number of methoxy groups -OCH3 is 2. The summed E-state index contributed by atoms with van der Waals surface area (Å²) in [6.45, 7) is 13.0. The van der Waals surface area contributed by atoms with Crippen LogP contribution in [0.4, 0.5) is 0 Å². The van der Waals surface area contributed by atoms with Gasteiger partial charge in [0, 0.05) is 43.9 Å². The number of ether oxygens (including phenoxy) is 2. The van der Waals surface area contributed by atoms with Crippen molar-refractivity contribution >= 4 is 0 Å². The third-order valence-corrected chi connectivity index (χ3v) is 4.97. The lowest BCUT2D eigenvalue weighted by molar-refractivity contribution is 0.111. The summed E-state index contributed by atoms with van der Waals surface area (Å²) in [5.74, 6) is 1.75. The molecule has 1 aliphatic rings. The molecule has 1 aromatic carbocycles. The number of nitrogens with one attached hydrogen (secondary N) is 1. The molecule has 136 valence electrons. The molecular weight excluding hydrogens is 302 g/mol. The highest BCUT2D eigenvalue weighted by molar-refractivity contribution is 5.42. The van der Waals surface area contributed by atoms with E-state index in [-0.39, 0.29) is 0 Å². The van der Waals surface area contributed by atoms with E-state index in [1.54, 1.807) is 14.2 Å². The van der Waals surface area contributed by atoms with Crippen molar-refractivity contribution in [1.82, 2.24) is 15.1 Å². The largest absolute Gasteiger partial charge is 0.497 e. The molecule has 0 aromatic heterocycles. The van der Waals surface area contributed by atoms with E-state index in [2.05, 4.69) is 42.0 Å². The van der Waals surface area contributed by atoms with Gasteiger partial charge in [-0.3, -0.25) is 4.90 Å². The predicted molar refractivity (Wildman–Crippen MR) is 99.1 cm³/mol. The van der Waals surface area contributed by atoms with E-state index in [1.165, 1.54) is 5.56 Å². The lowest BCUT2D eigenvalue weighted by atomic mass is 10.0. The SMILES string of the molecule is CCN(CC)CC(c1ccc(OC)cc1OC)N1CCNC(C)C1. The minimum Gasteiger partial charge on any atom is -0.497 e. The Kier molecular flexibility index (Phi) is 7.34. The topological polar surface area (TPSA) is 37.0 Å². The van der Waals surface area contributed by atoms with Crippen molar-refractivity contribution in [2.24, 2.45) is 0 Å². The van der Waals surface area contributed by atoms with Gasteiger partial charge in [-0.2, -0.15) is 0 Å². The summed E-state index contributed by atoms with van der Waals surface area (Å²) in [4.78, 5) is 5.07. The standard InChI is InChI=1S/C19H33N3O2/c1-6-21(7-2)14-18(22-11-10-20-15(3)13-22)17-9-8-16(23-4)12-19(17)24-5/h8-9,12,15,18,20H,6-7,10-11,13-14H2,1-5H3. The zero-order valence-corrected chi connectivity index (χ0v) is 15.8. The molecule has 5 heteroatoms. The van der Waals surface area contributed by atoms with Crippen LogP contribution >= 0.6 is 0 Å². The smallest absolute Gasteiger partial charge is 0.127 e. The Morgan fingerprint density at radius 3 is 2.58 bits per heavy atom. The number of hydrogen-bond donors (Lipinski definition) is 1. The van der Waals surface area contributed by atoms with Crippen LogP contribution in [0.3, 0.4) is 0 Å². The number of rotatable bonds is 8. The molecule has 0 saturated carbocycles. The first-order valence-corrected chi connectivity index (χ1v) is 9.04. The van der Waals surface area contributed by atoms with Gasteiger partial charge in [-0.15, -0.1) is 0 Å². The number of benzene rings is 1. The van der Waals surface area contributed by atoms with Crippen LogP contribution in [-0.2, 0) is 0 Å². The average Bonchev–Trinajstić information content (AvgIpc) is 2.62. The highest BCUT2D eigenvalue weighted by Crippen LogP contribution is 2.33. The second kappa shape index (κ2) is 9.25. The van der Waals surface area contributed by atoms with Crippen LogP contribution in [0.15, 0.2) is 18.2 Å². The molecule has 0 amide bonds. The minimum absolute atomic E-state index is 0.329. The normalized spacial score (nSPS) is 20.2. The lowest BCUT2D eigenvalue weighted by Crippen LogP contribution is -2.52. The van der Waals surface area contributed by atoms with E-state index in [4.69, 9.17) is 9.47 Å². The van der Waals surface area contributed by atoms with Gasteiger partial charge in [0.2, 0.25) is 0 Å². The van der Waals surface area contributed by atoms with E-state index in [0.29, 0.717) is 12.1 Å². The quantitative estimate of drug-likeness (QED) is 0.789. The average molecular weight is 335 g/mol. The first kappa shape index (κ1) is 19.0. The van der Waals surface area contributed by atoms with E-state index in [9.17, 15) is 0 Å². The van der Waals surface area contributed by atoms with Gasteiger partial charge in [0.25, 0.3) is 0 Å². The molecule has 1 N–H and O–H groups in total. The highest BCUT2D eigenvalue weighted by Gasteiger charge is 2.28. The highest BCUT2D eigenvalue weighted by atomic mass is 16.5. The maximum atomic E-state index is 5.69. The molecule has 2 atom stereocenters. The van der Waals surface area contributed by atoms with Crippen LogP contribution < -0.4 is 14.8 Å². The number of hydrogen-bond acceptors (Lipinski definition) is 5. The zero-order valence-electron chi connectivity index (χ0n) is 15.8. The van der Waals surface area contributed by atoms with Crippen LogP contribution in [0.25, 0.3) is 0 Å². The van der Waals surface area contributed by atoms with Crippen molar-refractivity contribution in [3.63, 3.8) is 0 Å². The van der Waals surface area contributed by atoms with Crippen molar-refractivity contribution in [3.05, 3.63) is 23.8 Å². The Morgan fingerprint density at radius 1 is 1.25 bits per heavy atom. The molecular formula is C19H33N3O2. The molecule has 24 heavy (non-hydrogen) atoms. The van der Waals surface area contributed by atoms with Gasteiger partial charge in [-0.05, 0) is 26.1 Å². The van der Waals surface area contributed by atoms with Crippen LogP contribution in [0.5, 0.6) is 11.5 Å². The maximum absolute atomic E-state index is 5.69. The maximum Gasteiger partial charge on any atom is 0.127 e. The van der Waals surface area contributed by atoms with Gasteiger partial charge >= 0.3 is 0 Å². The molecule has 0 spiro atoms. The van der Waals surface area contributed by atoms with Gasteiger partial charge in [-0.25, -0.2) is 0 Å². The molecule has 1 aromatic rings. The zero-order chi connectivity index (χ0) is 17.5. The Labute approximate surface area is 146 Å². The van der Waals surface area contributed by atoms with Crippen LogP contribution in [0.1, 0.15) is 32.4 Å². The summed E-state index contributed by atoms with van der Waals surface area (Å²) < 4.78 is 11.1. The van der Waals surface area contributed by atoms with Crippen molar-refractivity contribution in [2.45, 2.75) is 32.9 Å². The van der Waals surface area contributed by atoms with Crippen LogP contribution in [0.2, 0.25) is 0 Å². The van der Waals surface area contributed by atoms with Gasteiger partial charge in [0.1, 0.15) is 11.5 Å². The molecule has 2 rings (SSSR count). The number of likely N-dealkylation sites (N-methyl/N-ethyl adjacent to an activating group) is 1. The molecule has 1 aliphatic heterocycles. The fraction of sp³-hybridized carbons (Fsp3) is 0.684. The third-order valence-electron chi connectivity index (χ3n) is 4.97. The molecule has 2 unspecified atom stereocenters. The van der Waals surface area contributed by atoms with Gasteiger partial charge < -0.3 is 19.7 Å². The third kappa shape index (κ3) is 4.62. The van der Waals surface area contributed by atoms with E-state index >= 15 is 0 Å². The minimum atomic E-state index is 0.329. The Balaban J connectivity index is 2.33. The molecule has 0 bridgehead atoms. The van der Waals surface area contributed by atoms with Crippen molar-refractivity contribution < 1.29 is 9.47 Å². The molecule has 0 radical (unpaired) electrons.